The van der Waals surface area contributed by atoms with Gasteiger partial charge in [-0.15, -0.1) is 0 Å². The van der Waals surface area contributed by atoms with E-state index < -0.39 is 5.91 Å². The highest BCUT2D eigenvalue weighted by atomic mass is 35.5. The SMILES string of the molecule is NC(=O)Cc1nc(-c2cc(N3CCCCC3)ccc2Cl)n(CCO)n1. The third-order valence-electron chi connectivity index (χ3n) is 4.27. The maximum absolute atomic E-state index is 11.2. The van der Waals surface area contributed by atoms with Gasteiger partial charge in [-0.2, -0.15) is 5.10 Å². The van der Waals surface area contributed by atoms with Gasteiger partial charge in [0.2, 0.25) is 5.91 Å². The highest BCUT2D eigenvalue weighted by Crippen LogP contribution is 2.32. The molecule has 1 aliphatic rings. The molecule has 2 aromatic rings. The van der Waals surface area contributed by atoms with E-state index in [9.17, 15) is 9.90 Å². The van der Waals surface area contributed by atoms with Crippen LogP contribution in [0.25, 0.3) is 11.4 Å². The number of carbonyl (C=O) groups is 1. The third-order valence-corrected chi connectivity index (χ3v) is 4.60. The van der Waals surface area contributed by atoms with Crippen molar-refractivity contribution >= 4 is 23.2 Å². The van der Waals surface area contributed by atoms with Crippen LogP contribution in [0.4, 0.5) is 5.69 Å². The van der Waals surface area contributed by atoms with Crippen LogP contribution in [0.5, 0.6) is 0 Å². The monoisotopic (exact) mass is 363 g/mol. The Bertz CT molecular complexity index is 755. The topological polar surface area (TPSA) is 97.3 Å². The number of nitrogens with zero attached hydrogens (tertiary/aromatic N) is 4. The number of halogens is 1. The number of amides is 1. The quantitative estimate of drug-likeness (QED) is 0.812. The molecule has 134 valence electrons. The summed E-state index contributed by atoms with van der Waals surface area (Å²) in [7, 11) is 0. The second kappa shape index (κ2) is 7.84. The summed E-state index contributed by atoms with van der Waals surface area (Å²) >= 11 is 6.40. The van der Waals surface area contributed by atoms with Gasteiger partial charge in [-0.3, -0.25) is 4.79 Å². The van der Waals surface area contributed by atoms with E-state index in [0.717, 1.165) is 24.3 Å². The molecule has 3 N–H and O–H groups in total. The van der Waals surface area contributed by atoms with Crippen molar-refractivity contribution in [2.45, 2.75) is 32.2 Å². The van der Waals surface area contributed by atoms with Crippen molar-refractivity contribution in [3.8, 4) is 11.4 Å². The molecule has 0 saturated carbocycles. The number of hydrogen-bond donors (Lipinski definition) is 2. The molecule has 0 radical (unpaired) electrons. The third kappa shape index (κ3) is 4.11. The van der Waals surface area contributed by atoms with Gasteiger partial charge in [0, 0.05) is 24.3 Å². The summed E-state index contributed by atoms with van der Waals surface area (Å²) in [6, 6.07) is 5.86. The molecule has 25 heavy (non-hydrogen) atoms. The molecular weight excluding hydrogens is 342 g/mol. The van der Waals surface area contributed by atoms with E-state index in [0.29, 0.717) is 16.7 Å². The largest absolute Gasteiger partial charge is 0.394 e. The Morgan fingerprint density at radius 3 is 2.72 bits per heavy atom. The predicted octanol–water partition coefficient (Wildman–Crippen LogP) is 1.61. The van der Waals surface area contributed by atoms with E-state index in [1.54, 1.807) is 4.68 Å². The normalized spacial score (nSPS) is 14.7. The van der Waals surface area contributed by atoms with Crippen molar-refractivity contribution in [2.24, 2.45) is 5.73 Å². The Hall–Kier alpha value is -2.12. The van der Waals surface area contributed by atoms with Crippen molar-refractivity contribution in [3.63, 3.8) is 0 Å². The minimum Gasteiger partial charge on any atom is -0.394 e. The van der Waals surface area contributed by atoms with Crippen LogP contribution < -0.4 is 10.6 Å². The number of benzene rings is 1. The average Bonchev–Trinajstić information content (AvgIpc) is 2.98. The zero-order valence-electron chi connectivity index (χ0n) is 14.0. The Morgan fingerprint density at radius 1 is 1.28 bits per heavy atom. The van der Waals surface area contributed by atoms with Crippen LogP contribution in [0.3, 0.4) is 0 Å². The first-order valence-corrected chi connectivity index (χ1v) is 8.84. The molecule has 1 aromatic heterocycles. The van der Waals surface area contributed by atoms with E-state index >= 15 is 0 Å². The van der Waals surface area contributed by atoms with Crippen LogP contribution in [0.15, 0.2) is 18.2 Å². The van der Waals surface area contributed by atoms with E-state index in [1.807, 2.05) is 18.2 Å². The first-order valence-electron chi connectivity index (χ1n) is 8.46. The zero-order chi connectivity index (χ0) is 17.8. The molecule has 0 aliphatic carbocycles. The summed E-state index contributed by atoms with van der Waals surface area (Å²) in [5.41, 5.74) is 7.07. The fourth-order valence-electron chi connectivity index (χ4n) is 3.10. The first kappa shape index (κ1) is 17.7. The van der Waals surface area contributed by atoms with Gasteiger partial charge in [-0.25, -0.2) is 9.67 Å². The molecule has 1 amide bonds. The van der Waals surface area contributed by atoms with Gasteiger partial charge in [0.05, 0.1) is 24.6 Å². The number of hydrogen-bond acceptors (Lipinski definition) is 5. The molecule has 8 heteroatoms. The van der Waals surface area contributed by atoms with Gasteiger partial charge in [-0.1, -0.05) is 11.6 Å². The number of rotatable bonds is 6. The minimum atomic E-state index is -0.499. The second-order valence-corrected chi connectivity index (χ2v) is 6.56. The summed E-state index contributed by atoms with van der Waals surface area (Å²) in [6.07, 6.45) is 3.58. The van der Waals surface area contributed by atoms with Crippen molar-refractivity contribution in [2.75, 3.05) is 24.6 Å². The van der Waals surface area contributed by atoms with E-state index in [-0.39, 0.29) is 19.6 Å². The predicted molar refractivity (Wildman–Crippen MR) is 96.5 cm³/mol. The smallest absolute Gasteiger partial charge is 0.225 e. The number of aliphatic hydroxyl groups is 1. The molecule has 0 atom stereocenters. The number of aromatic nitrogens is 3. The highest BCUT2D eigenvalue weighted by molar-refractivity contribution is 6.33. The lowest BCUT2D eigenvalue weighted by Crippen LogP contribution is -2.29. The fourth-order valence-corrected chi connectivity index (χ4v) is 3.31. The molecule has 0 unspecified atom stereocenters. The molecule has 1 aromatic carbocycles. The van der Waals surface area contributed by atoms with Crippen LogP contribution in [0.1, 0.15) is 25.1 Å². The molecule has 1 aliphatic heterocycles. The first-order chi connectivity index (χ1) is 12.1. The molecule has 7 nitrogen and oxygen atoms in total. The molecule has 2 heterocycles. The molecule has 0 spiro atoms. The second-order valence-electron chi connectivity index (χ2n) is 6.15. The lowest BCUT2D eigenvalue weighted by atomic mass is 10.1. The lowest BCUT2D eigenvalue weighted by molar-refractivity contribution is -0.117. The summed E-state index contributed by atoms with van der Waals surface area (Å²) in [5.74, 6) is 0.366. The Labute approximate surface area is 151 Å². The number of carbonyl (C=O) groups excluding carboxylic acids is 1. The van der Waals surface area contributed by atoms with E-state index in [1.165, 1.54) is 19.3 Å². The summed E-state index contributed by atoms with van der Waals surface area (Å²) in [6.45, 7) is 2.23. The molecule has 0 bridgehead atoms. The maximum atomic E-state index is 11.2. The van der Waals surface area contributed by atoms with Gasteiger partial charge in [0.1, 0.15) is 0 Å². The Balaban J connectivity index is 1.99. The van der Waals surface area contributed by atoms with Crippen LogP contribution in [-0.2, 0) is 17.8 Å². The van der Waals surface area contributed by atoms with Crippen molar-refractivity contribution in [1.82, 2.24) is 14.8 Å². The van der Waals surface area contributed by atoms with Gasteiger partial charge in [0.25, 0.3) is 0 Å². The molecule has 1 fully saturated rings. The number of primary amides is 1. The van der Waals surface area contributed by atoms with Crippen LogP contribution in [0, 0.1) is 0 Å². The molecular formula is C17H22ClN5O2. The summed E-state index contributed by atoms with van der Waals surface area (Å²) < 4.78 is 1.57. The average molecular weight is 364 g/mol. The van der Waals surface area contributed by atoms with E-state index in [2.05, 4.69) is 15.0 Å². The van der Waals surface area contributed by atoms with Gasteiger partial charge < -0.3 is 15.7 Å². The summed E-state index contributed by atoms with van der Waals surface area (Å²) in [5, 5.41) is 14.1. The Morgan fingerprint density at radius 2 is 2.04 bits per heavy atom. The lowest BCUT2D eigenvalue weighted by Gasteiger charge is -2.29. The summed E-state index contributed by atoms with van der Waals surface area (Å²) in [4.78, 5) is 17.9. The van der Waals surface area contributed by atoms with Crippen molar-refractivity contribution in [3.05, 3.63) is 29.0 Å². The number of nitrogens with two attached hydrogens (primary N) is 1. The van der Waals surface area contributed by atoms with Crippen molar-refractivity contribution in [1.29, 1.82) is 0 Å². The number of piperidine rings is 1. The van der Waals surface area contributed by atoms with Crippen LogP contribution in [-0.4, -0.2) is 45.5 Å². The fraction of sp³-hybridized carbons (Fsp3) is 0.471. The van der Waals surface area contributed by atoms with E-state index in [4.69, 9.17) is 17.3 Å². The van der Waals surface area contributed by atoms with Gasteiger partial charge >= 0.3 is 0 Å². The number of anilines is 1. The van der Waals surface area contributed by atoms with Crippen LogP contribution >= 0.6 is 11.6 Å². The van der Waals surface area contributed by atoms with Crippen molar-refractivity contribution < 1.29 is 9.90 Å². The van der Waals surface area contributed by atoms with Gasteiger partial charge in [-0.05, 0) is 37.5 Å². The zero-order valence-corrected chi connectivity index (χ0v) is 14.7. The molecule has 1 saturated heterocycles. The molecule has 3 rings (SSSR count). The number of aliphatic hydroxyl groups excluding tert-OH is 1. The Kier molecular flexibility index (Phi) is 5.55. The van der Waals surface area contributed by atoms with Crippen LogP contribution in [0.2, 0.25) is 5.02 Å². The maximum Gasteiger partial charge on any atom is 0.225 e. The standard InChI is InChI=1S/C17H22ClN5O2/c18-14-5-4-12(22-6-2-1-3-7-22)10-13(14)17-20-16(11-15(19)25)21-23(17)8-9-24/h4-5,10,24H,1-3,6-9,11H2,(H2,19,25). The van der Waals surface area contributed by atoms with Gasteiger partial charge in [0.15, 0.2) is 11.6 Å². The highest BCUT2D eigenvalue weighted by Gasteiger charge is 2.18. The minimum absolute atomic E-state index is 0.0468.